The van der Waals surface area contributed by atoms with Crippen molar-refractivity contribution < 1.29 is 4.52 Å². The Kier molecular flexibility index (Phi) is 11.5. The van der Waals surface area contributed by atoms with Gasteiger partial charge in [-0.25, -0.2) is 0 Å². The van der Waals surface area contributed by atoms with Crippen LogP contribution in [0.5, 0.6) is 0 Å². The Bertz CT molecular complexity index is 765. The minimum absolute atomic E-state index is 0. The molecule has 2 saturated heterocycles. The topological polar surface area (TPSA) is 45.4 Å². The van der Waals surface area contributed by atoms with E-state index >= 15 is 0 Å². The molecule has 5 nitrogen and oxygen atoms in total. The molecule has 0 spiro atoms. The molecular formula is C25H40Cl2N4O. The second kappa shape index (κ2) is 13.5. The lowest BCUT2D eigenvalue weighted by Gasteiger charge is -2.36. The van der Waals surface area contributed by atoms with Gasteiger partial charge in [0.2, 0.25) is 0 Å². The summed E-state index contributed by atoms with van der Waals surface area (Å²) in [7, 11) is 0. The molecule has 0 amide bonds. The fraction of sp³-hybridized carbons (Fsp3) is 0.680. The van der Waals surface area contributed by atoms with E-state index in [1.165, 1.54) is 76.7 Å². The molecule has 7 heteroatoms. The molecule has 0 atom stereocenters. The Morgan fingerprint density at radius 2 is 1.59 bits per heavy atom. The second-order valence-corrected chi connectivity index (χ2v) is 9.20. The number of benzene rings is 1. The Hall–Kier alpha value is -1.14. The maximum Gasteiger partial charge on any atom is 0.257 e. The number of rotatable bonds is 8. The summed E-state index contributed by atoms with van der Waals surface area (Å²) in [6.07, 6.45) is 9.98. The van der Waals surface area contributed by atoms with Crippen molar-refractivity contribution in [1.82, 2.24) is 19.9 Å². The maximum absolute atomic E-state index is 5.59. The van der Waals surface area contributed by atoms with Gasteiger partial charge in [-0.2, -0.15) is 4.98 Å². The summed E-state index contributed by atoms with van der Waals surface area (Å²) in [6, 6.07) is 9.43. The van der Waals surface area contributed by atoms with Gasteiger partial charge < -0.3 is 9.42 Å². The molecule has 180 valence electrons. The third-order valence-corrected chi connectivity index (χ3v) is 7.10. The molecule has 2 aliphatic heterocycles. The standard InChI is InChI=1S/C25H38N4O.2ClH/c1-3-23(4-2)29-16-12-20(13-17-29)18-24-26-25(30-27-24)22-10-8-21(9-11-22)19-28-14-6-5-7-15-28;;/h8-11,20,23H,3-7,12-19H2,1-2H3;2*1H. The Morgan fingerprint density at radius 3 is 2.22 bits per heavy atom. The predicted molar refractivity (Wildman–Crippen MR) is 136 cm³/mol. The van der Waals surface area contributed by atoms with E-state index in [1.54, 1.807) is 0 Å². The highest BCUT2D eigenvalue weighted by Gasteiger charge is 2.24. The molecule has 2 aromatic rings. The van der Waals surface area contributed by atoms with Crippen molar-refractivity contribution in [2.24, 2.45) is 5.92 Å². The number of nitrogens with zero attached hydrogens (tertiary/aromatic N) is 4. The molecular weight excluding hydrogens is 443 g/mol. The van der Waals surface area contributed by atoms with Crippen LogP contribution in [0, 0.1) is 5.92 Å². The third kappa shape index (κ3) is 7.18. The van der Waals surface area contributed by atoms with E-state index in [0.29, 0.717) is 11.8 Å². The fourth-order valence-electron chi connectivity index (χ4n) is 5.17. The van der Waals surface area contributed by atoms with Crippen LogP contribution in [-0.2, 0) is 13.0 Å². The number of aromatic nitrogens is 2. The number of halogens is 2. The van der Waals surface area contributed by atoms with Crippen LogP contribution in [0.4, 0.5) is 0 Å². The Labute approximate surface area is 206 Å². The van der Waals surface area contributed by atoms with Crippen LogP contribution in [0.1, 0.15) is 70.2 Å². The van der Waals surface area contributed by atoms with Gasteiger partial charge in [-0.1, -0.05) is 37.6 Å². The summed E-state index contributed by atoms with van der Waals surface area (Å²) in [5, 5.41) is 4.28. The van der Waals surface area contributed by atoms with Gasteiger partial charge >= 0.3 is 0 Å². The molecule has 0 bridgehead atoms. The third-order valence-electron chi connectivity index (χ3n) is 7.10. The maximum atomic E-state index is 5.59. The number of likely N-dealkylation sites (tertiary alicyclic amines) is 2. The first kappa shape index (κ1) is 27.1. The average Bonchev–Trinajstić information content (AvgIpc) is 3.25. The van der Waals surface area contributed by atoms with Gasteiger partial charge in [0.25, 0.3) is 5.89 Å². The molecule has 0 N–H and O–H groups in total. The van der Waals surface area contributed by atoms with Gasteiger partial charge in [-0.15, -0.1) is 24.8 Å². The normalized spacial score (nSPS) is 18.3. The van der Waals surface area contributed by atoms with Crippen molar-refractivity contribution in [2.75, 3.05) is 26.2 Å². The molecule has 0 unspecified atom stereocenters. The van der Waals surface area contributed by atoms with E-state index in [-0.39, 0.29) is 24.8 Å². The number of piperidine rings is 2. The van der Waals surface area contributed by atoms with E-state index in [1.807, 2.05) is 0 Å². The lowest BCUT2D eigenvalue weighted by molar-refractivity contribution is 0.125. The zero-order valence-corrected chi connectivity index (χ0v) is 21.3. The Balaban J connectivity index is 0.00000181. The van der Waals surface area contributed by atoms with E-state index in [9.17, 15) is 0 Å². The monoisotopic (exact) mass is 482 g/mol. The smallest absolute Gasteiger partial charge is 0.257 e. The minimum atomic E-state index is 0. The SMILES string of the molecule is CCC(CC)N1CCC(Cc2noc(-c3ccc(CN4CCCCC4)cc3)n2)CC1.Cl.Cl. The number of hydrogen-bond acceptors (Lipinski definition) is 5. The zero-order chi connectivity index (χ0) is 20.8. The largest absolute Gasteiger partial charge is 0.334 e. The fourth-order valence-corrected chi connectivity index (χ4v) is 5.17. The quantitative estimate of drug-likeness (QED) is 0.460. The first-order valence-electron chi connectivity index (χ1n) is 12.1. The van der Waals surface area contributed by atoms with E-state index in [2.05, 4.69) is 53.1 Å². The molecule has 3 heterocycles. The molecule has 1 aromatic carbocycles. The minimum Gasteiger partial charge on any atom is -0.334 e. The number of hydrogen-bond donors (Lipinski definition) is 0. The average molecular weight is 484 g/mol. The van der Waals surface area contributed by atoms with Gasteiger partial charge in [0, 0.05) is 24.6 Å². The van der Waals surface area contributed by atoms with E-state index < -0.39 is 0 Å². The van der Waals surface area contributed by atoms with Gasteiger partial charge in [0.1, 0.15) is 0 Å². The molecule has 0 radical (unpaired) electrons. The second-order valence-electron chi connectivity index (χ2n) is 9.20. The van der Waals surface area contributed by atoms with E-state index in [0.717, 1.165) is 30.4 Å². The predicted octanol–water partition coefficient (Wildman–Crippen LogP) is 6.01. The molecule has 4 rings (SSSR count). The zero-order valence-electron chi connectivity index (χ0n) is 19.7. The highest BCUT2D eigenvalue weighted by molar-refractivity contribution is 5.85. The summed E-state index contributed by atoms with van der Waals surface area (Å²) in [5.74, 6) is 2.19. The summed E-state index contributed by atoms with van der Waals surface area (Å²) in [4.78, 5) is 9.93. The molecule has 0 saturated carbocycles. The summed E-state index contributed by atoms with van der Waals surface area (Å²) in [5.41, 5.74) is 2.39. The van der Waals surface area contributed by atoms with Crippen LogP contribution >= 0.6 is 24.8 Å². The lowest BCUT2D eigenvalue weighted by Crippen LogP contribution is -2.41. The van der Waals surface area contributed by atoms with Crippen molar-refractivity contribution in [3.63, 3.8) is 0 Å². The summed E-state index contributed by atoms with van der Waals surface area (Å²) < 4.78 is 5.59. The van der Waals surface area contributed by atoms with Gasteiger partial charge in [-0.3, -0.25) is 4.90 Å². The van der Waals surface area contributed by atoms with E-state index in [4.69, 9.17) is 9.51 Å². The molecule has 32 heavy (non-hydrogen) atoms. The van der Waals surface area contributed by atoms with Crippen molar-refractivity contribution in [3.8, 4) is 11.5 Å². The summed E-state index contributed by atoms with van der Waals surface area (Å²) >= 11 is 0. The molecule has 1 aromatic heterocycles. The Morgan fingerprint density at radius 1 is 0.938 bits per heavy atom. The van der Waals surface area contributed by atoms with Crippen LogP contribution in [0.2, 0.25) is 0 Å². The molecule has 0 aliphatic carbocycles. The van der Waals surface area contributed by atoms with Crippen LogP contribution in [0.25, 0.3) is 11.5 Å². The lowest BCUT2D eigenvalue weighted by atomic mass is 9.92. The van der Waals surface area contributed by atoms with Gasteiger partial charge in [0.05, 0.1) is 0 Å². The highest BCUT2D eigenvalue weighted by Crippen LogP contribution is 2.25. The first-order valence-corrected chi connectivity index (χ1v) is 12.1. The van der Waals surface area contributed by atoms with Crippen molar-refractivity contribution in [3.05, 3.63) is 35.7 Å². The van der Waals surface area contributed by atoms with Crippen LogP contribution in [0.15, 0.2) is 28.8 Å². The van der Waals surface area contributed by atoms with Crippen molar-refractivity contribution in [1.29, 1.82) is 0 Å². The van der Waals surface area contributed by atoms with Gasteiger partial charge in [-0.05, 0) is 88.3 Å². The van der Waals surface area contributed by atoms with Gasteiger partial charge in [0.15, 0.2) is 5.82 Å². The highest BCUT2D eigenvalue weighted by atomic mass is 35.5. The van der Waals surface area contributed by atoms with Crippen molar-refractivity contribution in [2.45, 2.75) is 77.8 Å². The van der Waals surface area contributed by atoms with Crippen molar-refractivity contribution >= 4 is 24.8 Å². The molecule has 2 fully saturated rings. The van der Waals surface area contributed by atoms with Crippen LogP contribution in [-0.4, -0.2) is 52.2 Å². The van der Waals surface area contributed by atoms with Crippen LogP contribution in [0.3, 0.4) is 0 Å². The first-order chi connectivity index (χ1) is 14.7. The molecule has 2 aliphatic rings. The van der Waals surface area contributed by atoms with Crippen LogP contribution < -0.4 is 0 Å². The summed E-state index contributed by atoms with van der Waals surface area (Å²) in [6.45, 7) is 10.5.